The van der Waals surface area contributed by atoms with Gasteiger partial charge >= 0.3 is 5.97 Å². The summed E-state index contributed by atoms with van der Waals surface area (Å²) in [5.74, 6) is -0.927. The number of hydrogen-bond donors (Lipinski definition) is 2. The van der Waals surface area contributed by atoms with E-state index in [9.17, 15) is 9.59 Å². The van der Waals surface area contributed by atoms with Gasteiger partial charge in [0.15, 0.2) is 0 Å². The van der Waals surface area contributed by atoms with Crippen molar-refractivity contribution < 1.29 is 19.4 Å². The van der Waals surface area contributed by atoms with Gasteiger partial charge in [-0.05, 0) is 30.7 Å². The maximum absolute atomic E-state index is 12.3. The lowest BCUT2D eigenvalue weighted by molar-refractivity contribution is 0.0692. The third-order valence-corrected chi connectivity index (χ3v) is 3.26. The molecule has 0 saturated heterocycles. The molecule has 2 aromatic carbocycles. The molecule has 0 radical (unpaired) electrons. The van der Waals surface area contributed by atoms with Crippen molar-refractivity contribution in [3.8, 4) is 5.75 Å². The quantitative estimate of drug-likeness (QED) is 0.762. The van der Waals surface area contributed by atoms with Crippen molar-refractivity contribution in [2.45, 2.75) is 19.8 Å². The van der Waals surface area contributed by atoms with Gasteiger partial charge in [-0.2, -0.15) is 0 Å². The number of carbonyl (C=O) groups is 2. The summed E-state index contributed by atoms with van der Waals surface area (Å²) >= 11 is 0. The fourth-order valence-corrected chi connectivity index (χ4v) is 2.06. The fraction of sp³-hybridized carbons (Fsp3) is 0.222. The molecule has 0 fully saturated rings. The summed E-state index contributed by atoms with van der Waals surface area (Å²) in [7, 11) is 0. The Morgan fingerprint density at radius 2 is 1.83 bits per heavy atom. The smallest absolute Gasteiger partial charge is 0.336 e. The van der Waals surface area contributed by atoms with Gasteiger partial charge in [0, 0.05) is 11.8 Å². The average Bonchev–Trinajstić information content (AvgIpc) is 2.55. The number of unbranched alkanes of at least 4 members (excludes halogenated alkanes) is 1. The van der Waals surface area contributed by atoms with E-state index in [0.29, 0.717) is 18.0 Å². The number of benzene rings is 2. The molecule has 0 aliphatic heterocycles. The van der Waals surface area contributed by atoms with Crippen LogP contribution in [0.3, 0.4) is 0 Å². The van der Waals surface area contributed by atoms with Crippen LogP contribution in [-0.4, -0.2) is 23.6 Å². The van der Waals surface area contributed by atoms with Crippen LogP contribution in [0.5, 0.6) is 5.75 Å². The maximum Gasteiger partial charge on any atom is 0.336 e. The molecule has 0 unspecified atom stereocenters. The molecule has 5 nitrogen and oxygen atoms in total. The van der Waals surface area contributed by atoms with Crippen LogP contribution in [0.1, 0.15) is 40.5 Å². The Kier molecular flexibility index (Phi) is 5.74. The first-order chi connectivity index (χ1) is 11.1. The monoisotopic (exact) mass is 313 g/mol. The van der Waals surface area contributed by atoms with Crippen molar-refractivity contribution in [3.63, 3.8) is 0 Å². The SMILES string of the molecule is CCCCOc1cccc(NC(=O)c2ccccc2C(=O)O)c1. The Bertz CT molecular complexity index is 697. The van der Waals surface area contributed by atoms with Gasteiger partial charge in [-0.1, -0.05) is 31.5 Å². The van der Waals surface area contributed by atoms with Gasteiger partial charge in [0.05, 0.1) is 17.7 Å². The number of hydrogen-bond acceptors (Lipinski definition) is 3. The molecule has 0 aliphatic carbocycles. The molecule has 2 N–H and O–H groups in total. The fourth-order valence-electron chi connectivity index (χ4n) is 2.06. The largest absolute Gasteiger partial charge is 0.494 e. The Hall–Kier alpha value is -2.82. The zero-order valence-electron chi connectivity index (χ0n) is 12.9. The van der Waals surface area contributed by atoms with Gasteiger partial charge in [0.25, 0.3) is 5.91 Å². The van der Waals surface area contributed by atoms with Crippen LogP contribution in [-0.2, 0) is 0 Å². The van der Waals surface area contributed by atoms with E-state index in [1.807, 2.05) is 6.07 Å². The number of ether oxygens (including phenoxy) is 1. The van der Waals surface area contributed by atoms with Gasteiger partial charge in [-0.25, -0.2) is 4.79 Å². The molecule has 0 heterocycles. The number of amides is 1. The Morgan fingerprint density at radius 3 is 2.52 bits per heavy atom. The van der Waals surface area contributed by atoms with Crippen molar-refractivity contribution in [2.24, 2.45) is 0 Å². The van der Waals surface area contributed by atoms with Crippen LogP contribution in [0, 0.1) is 0 Å². The molecule has 0 aliphatic rings. The number of rotatable bonds is 7. The predicted octanol–water partition coefficient (Wildman–Crippen LogP) is 3.82. The van der Waals surface area contributed by atoms with Crippen LogP contribution in [0.25, 0.3) is 0 Å². The first kappa shape index (κ1) is 16.5. The van der Waals surface area contributed by atoms with Crippen molar-refractivity contribution in [1.82, 2.24) is 0 Å². The van der Waals surface area contributed by atoms with E-state index < -0.39 is 11.9 Å². The molecular formula is C18H19NO4. The van der Waals surface area contributed by atoms with Crippen LogP contribution in [0.2, 0.25) is 0 Å². The highest BCUT2D eigenvalue weighted by Crippen LogP contribution is 2.19. The minimum Gasteiger partial charge on any atom is -0.494 e. The second kappa shape index (κ2) is 7.98. The average molecular weight is 313 g/mol. The molecule has 2 rings (SSSR count). The molecular weight excluding hydrogens is 294 g/mol. The zero-order chi connectivity index (χ0) is 16.7. The Balaban J connectivity index is 2.11. The minimum absolute atomic E-state index is 0.0275. The molecule has 120 valence electrons. The number of carbonyl (C=O) groups excluding carboxylic acids is 1. The van der Waals surface area contributed by atoms with Crippen molar-refractivity contribution in [3.05, 3.63) is 59.7 Å². The van der Waals surface area contributed by atoms with Crippen LogP contribution < -0.4 is 10.1 Å². The molecule has 0 spiro atoms. The molecule has 5 heteroatoms. The number of carboxylic acids is 1. The van der Waals surface area contributed by atoms with Crippen LogP contribution >= 0.6 is 0 Å². The molecule has 0 bridgehead atoms. The highest BCUT2D eigenvalue weighted by Gasteiger charge is 2.15. The van der Waals surface area contributed by atoms with E-state index in [4.69, 9.17) is 9.84 Å². The Morgan fingerprint density at radius 1 is 1.09 bits per heavy atom. The van der Waals surface area contributed by atoms with E-state index in [-0.39, 0.29) is 11.1 Å². The van der Waals surface area contributed by atoms with E-state index in [1.165, 1.54) is 12.1 Å². The summed E-state index contributed by atoms with van der Waals surface area (Å²) in [6.45, 7) is 2.70. The van der Waals surface area contributed by atoms with Gasteiger partial charge in [-0.3, -0.25) is 4.79 Å². The van der Waals surface area contributed by atoms with Crippen LogP contribution in [0.4, 0.5) is 5.69 Å². The standard InChI is InChI=1S/C18H19NO4/c1-2-3-11-23-14-8-6-7-13(12-14)19-17(20)15-9-4-5-10-16(15)18(21)22/h4-10,12H,2-3,11H2,1H3,(H,19,20)(H,21,22). The number of aromatic carboxylic acids is 1. The second-order valence-electron chi connectivity index (χ2n) is 5.03. The van der Waals surface area contributed by atoms with Gasteiger partial charge in [-0.15, -0.1) is 0 Å². The summed E-state index contributed by atoms with van der Waals surface area (Å²) in [6.07, 6.45) is 2.00. The third-order valence-electron chi connectivity index (χ3n) is 3.26. The molecule has 23 heavy (non-hydrogen) atoms. The summed E-state index contributed by atoms with van der Waals surface area (Å²) < 4.78 is 5.59. The summed E-state index contributed by atoms with van der Waals surface area (Å²) in [4.78, 5) is 23.5. The van der Waals surface area contributed by atoms with Gasteiger partial charge in [0.2, 0.25) is 0 Å². The van der Waals surface area contributed by atoms with E-state index in [1.54, 1.807) is 30.3 Å². The molecule has 2 aromatic rings. The Labute approximate surface area is 134 Å². The van der Waals surface area contributed by atoms with E-state index >= 15 is 0 Å². The van der Waals surface area contributed by atoms with Gasteiger partial charge in [0.1, 0.15) is 5.75 Å². The minimum atomic E-state index is -1.13. The highest BCUT2D eigenvalue weighted by molar-refractivity contribution is 6.10. The first-order valence-corrected chi connectivity index (χ1v) is 7.48. The topological polar surface area (TPSA) is 75.6 Å². The maximum atomic E-state index is 12.3. The lowest BCUT2D eigenvalue weighted by atomic mass is 10.1. The summed E-state index contributed by atoms with van der Waals surface area (Å²) in [6, 6.07) is 13.2. The van der Waals surface area contributed by atoms with Crippen LogP contribution in [0.15, 0.2) is 48.5 Å². The predicted molar refractivity (Wildman–Crippen MR) is 88.2 cm³/mol. The lowest BCUT2D eigenvalue weighted by Gasteiger charge is -2.10. The molecule has 0 saturated carbocycles. The normalized spacial score (nSPS) is 10.1. The molecule has 1 amide bonds. The van der Waals surface area contributed by atoms with Crippen molar-refractivity contribution in [2.75, 3.05) is 11.9 Å². The highest BCUT2D eigenvalue weighted by atomic mass is 16.5. The van der Waals surface area contributed by atoms with Crippen molar-refractivity contribution in [1.29, 1.82) is 0 Å². The summed E-state index contributed by atoms with van der Waals surface area (Å²) in [5, 5.41) is 11.8. The lowest BCUT2D eigenvalue weighted by Crippen LogP contribution is -2.16. The number of anilines is 1. The van der Waals surface area contributed by atoms with E-state index in [2.05, 4.69) is 12.2 Å². The van der Waals surface area contributed by atoms with Crippen molar-refractivity contribution >= 4 is 17.6 Å². The summed E-state index contributed by atoms with van der Waals surface area (Å²) in [5.41, 5.74) is 0.654. The number of carboxylic acid groups (broad SMARTS) is 1. The molecule has 0 aromatic heterocycles. The van der Waals surface area contributed by atoms with Gasteiger partial charge < -0.3 is 15.2 Å². The van der Waals surface area contributed by atoms with E-state index in [0.717, 1.165) is 12.8 Å². The third kappa shape index (κ3) is 4.57. The molecule has 0 atom stereocenters. The first-order valence-electron chi connectivity index (χ1n) is 7.48. The zero-order valence-corrected chi connectivity index (χ0v) is 12.9. The second-order valence-corrected chi connectivity index (χ2v) is 5.03. The number of nitrogens with one attached hydrogen (secondary N) is 1.